The van der Waals surface area contributed by atoms with E-state index in [1.165, 1.54) is 53.7 Å². The Hall–Kier alpha value is -3.02. The monoisotopic (exact) mass is 465 g/mol. The Bertz CT molecular complexity index is 1110. The van der Waals surface area contributed by atoms with Crippen LogP contribution in [0.15, 0.2) is 47.4 Å². The molecule has 11 heteroatoms. The predicted octanol–water partition coefficient (Wildman–Crippen LogP) is 1.44. The fraction of sp³-hybridized carbons (Fsp3) is 0.333. The Labute approximate surface area is 185 Å². The van der Waals surface area contributed by atoms with Gasteiger partial charge in [-0.3, -0.25) is 14.8 Å². The first-order valence-corrected chi connectivity index (χ1v) is 11.3. The molecule has 0 bridgehead atoms. The van der Waals surface area contributed by atoms with Crippen molar-refractivity contribution < 1.29 is 32.3 Å². The number of nitrogens with zero attached hydrogens (tertiary/aromatic N) is 2. The third kappa shape index (κ3) is 5.06. The van der Waals surface area contributed by atoms with Gasteiger partial charge in [0.2, 0.25) is 15.9 Å². The van der Waals surface area contributed by atoms with Gasteiger partial charge in [0.25, 0.3) is 5.91 Å². The highest BCUT2D eigenvalue weighted by atomic mass is 32.2. The zero-order chi connectivity index (χ0) is 23.5. The molecule has 0 aliphatic carbocycles. The fourth-order valence-electron chi connectivity index (χ4n) is 3.43. The zero-order valence-corrected chi connectivity index (χ0v) is 18.4. The number of piperazine rings is 1. The summed E-state index contributed by atoms with van der Waals surface area (Å²) in [6.07, 6.45) is 0. The number of rotatable bonds is 6. The van der Waals surface area contributed by atoms with Crippen LogP contribution in [0.3, 0.4) is 0 Å². The molecule has 3 rings (SSSR count). The average molecular weight is 466 g/mol. The van der Waals surface area contributed by atoms with Crippen LogP contribution in [0.2, 0.25) is 0 Å². The van der Waals surface area contributed by atoms with E-state index >= 15 is 0 Å². The summed E-state index contributed by atoms with van der Waals surface area (Å²) in [5.41, 5.74) is 3.00. The van der Waals surface area contributed by atoms with Crippen molar-refractivity contribution in [2.24, 2.45) is 0 Å². The molecule has 0 saturated carbocycles. The summed E-state index contributed by atoms with van der Waals surface area (Å²) in [6, 6.07) is 8.73. The van der Waals surface area contributed by atoms with Crippen LogP contribution in [-0.2, 0) is 26.2 Å². The van der Waals surface area contributed by atoms with Crippen LogP contribution in [0.4, 0.5) is 4.39 Å². The van der Waals surface area contributed by atoms with Gasteiger partial charge in [-0.2, -0.15) is 4.31 Å². The number of hydrogen-bond acceptors (Lipinski definition) is 6. The van der Waals surface area contributed by atoms with E-state index in [1.54, 1.807) is 6.07 Å². The largest absolute Gasteiger partial charge is 0.489 e. The highest BCUT2D eigenvalue weighted by Gasteiger charge is 2.40. The molecule has 0 radical (unpaired) electrons. The van der Waals surface area contributed by atoms with E-state index in [1.807, 2.05) is 6.92 Å². The van der Waals surface area contributed by atoms with Crippen molar-refractivity contribution >= 4 is 21.8 Å². The molecular formula is C21H24FN3O6S. The van der Waals surface area contributed by atoms with Crippen LogP contribution in [-0.4, -0.2) is 60.3 Å². The molecule has 2 aromatic carbocycles. The summed E-state index contributed by atoms with van der Waals surface area (Å²) in [5, 5.41) is 9.03. The Morgan fingerprint density at radius 2 is 1.88 bits per heavy atom. The maximum Gasteiger partial charge on any atom is 0.263 e. The summed E-state index contributed by atoms with van der Waals surface area (Å²) in [7, 11) is -4.09. The fourth-order valence-corrected chi connectivity index (χ4v) is 5.00. The van der Waals surface area contributed by atoms with Gasteiger partial charge in [0.15, 0.2) is 0 Å². The van der Waals surface area contributed by atoms with Crippen LogP contribution in [0.25, 0.3) is 0 Å². The second-order valence-electron chi connectivity index (χ2n) is 7.40. The van der Waals surface area contributed by atoms with Crippen LogP contribution < -0.4 is 10.2 Å². The Morgan fingerprint density at radius 1 is 1.19 bits per heavy atom. The lowest BCUT2D eigenvalue weighted by molar-refractivity contribution is -0.138. The van der Waals surface area contributed by atoms with Crippen molar-refractivity contribution in [1.29, 1.82) is 0 Å². The van der Waals surface area contributed by atoms with Crippen LogP contribution >= 0.6 is 0 Å². The maximum absolute atomic E-state index is 13.4. The lowest BCUT2D eigenvalue weighted by Crippen LogP contribution is -2.60. The minimum Gasteiger partial charge on any atom is -0.489 e. The average Bonchev–Trinajstić information content (AvgIpc) is 2.78. The van der Waals surface area contributed by atoms with E-state index < -0.39 is 22.0 Å². The number of amides is 2. The SMILES string of the molecule is CC(=O)N1CCN(S(=O)(=O)c2ccc(OCc3cc(F)ccc3C)cc2)C(C(=O)NO)C1. The first kappa shape index (κ1) is 23.6. The maximum atomic E-state index is 13.4. The highest BCUT2D eigenvalue weighted by Crippen LogP contribution is 2.24. The summed E-state index contributed by atoms with van der Waals surface area (Å²) in [4.78, 5) is 25.0. The minimum absolute atomic E-state index is 0.0706. The smallest absolute Gasteiger partial charge is 0.263 e. The van der Waals surface area contributed by atoms with Gasteiger partial charge in [-0.15, -0.1) is 0 Å². The number of carbonyl (C=O) groups is 2. The van der Waals surface area contributed by atoms with Crippen molar-refractivity contribution in [3.8, 4) is 5.75 Å². The topological polar surface area (TPSA) is 116 Å². The Morgan fingerprint density at radius 3 is 2.50 bits per heavy atom. The zero-order valence-electron chi connectivity index (χ0n) is 17.6. The van der Waals surface area contributed by atoms with Crippen molar-refractivity contribution in [3.63, 3.8) is 0 Å². The number of carbonyl (C=O) groups excluding carboxylic acids is 2. The van der Waals surface area contributed by atoms with E-state index in [4.69, 9.17) is 9.94 Å². The molecule has 1 aliphatic rings. The third-order valence-corrected chi connectivity index (χ3v) is 7.25. The number of nitrogens with one attached hydrogen (secondary N) is 1. The Balaban J connectivity index is 1.76. The van der Waals surface area contributed by atoms with Gasteiger partial charge >= 0.3 is 0 Å². The van der Waals surface area contributed by atoms with E-state index in [0.717, 1.165) is 9.87 Å². The molecule has 0 aromatic heterocycles. The number of hydrogen-bond donors (Lipinski definition) is 2. The number of ether oxygens (including phenoxy) is 1. The first-order valence-electron chi connectivity index (χ1n) is 9.82. The van der Waals surface area contributed by atoms with Crippen molar-refractivity contribution in [1.82, 2.24) is 14.7 Å². The van der Waals surface area contributed by atoms with Crippen molar-refractivity contribution in [2.45, 2.75) is 31.4 Å². The van der Waals surface area contributed by atoms with Crippen molar-refractivity contribution in [2.75, 3.05) is 19.6 Å². The third-order valence-electron chi connectivity index (χ3n) is 5.33. The molecule has 1 heterocycles. The van der Waals surface area contributed by atoms with Gasteiger partial charge in [-0.05, 0) is 54.4 Å². The number of halogens is 1. The number of hydroxylamine groups is 1. The van der Waals surface area contributed by atoms with Crippen LogP contribution in [0, 0.1) is 12.7 Å². The van der Waals surface area contributed by atoms with E-state index in [0.29, 0.717) is 11.3 Å². The summed E-state index contributed by atoms with van der Waals surface area (Å²) < 4.78 is 46.3. The predicted molar refractivity (Wildman–Crippen MR) is 112 cm³/mol. The van der Waals surface area contributed by atoms with Crippen LogP contribution in [0.5, 0.6) is 5.75 Å². The molecule has 9 nitrogen and oxygen atoms in total. The second-order valence-corrected chi connectivity index (χ2v) is 9.29. The molecule has 2 N–H and O–H groups in total. The number of sulfonamides is 1. The minimum atomic E-state index is -4.09. The summed E-state index contributed by atoms with van der Waals surface area (Å²) in [5.74, 6) is -1.21. The second kappa shape index (κ2) is 9.63. The lowest BCUT2D eigenvalue weighted by atomic mass is 10.1. The molecule has 1 atom stereocenters. The first-order chi connectivity index (χ1) is 15.1. The standard InChI is InChI=1S/C21H24FN3O6S/c1-14-3-4-17(22)11-16(14)13-31-18-5-7-19(8-6-18)32(29,30)25-10-9-24(15(2)26)12-20(25)21(27)23-28/h3-8,11,20,28H,9-10,12-13H2,1-2H3,(H,23,27). The molecule has 32 heavy (non-hydrogen) atoms. The molecule has 1 saturated heterocycles. The van der Waals surface area contributed by atoms with Crippen LogP contribution in [0.1, 0.15) is 18.1 Å². The highest BCUT2D eigenvalue weighted by molar-refractivity contribution is 7.89. The van der Waals surface area contributed by atoms with Gasteiger partial charge < -0.3 is 9.64 Å². The van der Waals surface area contributed by atoms with Gasteiger partial charge in [0.05, 0.1) is 4.90 Å². The summed E-state index contributed by atoms with van der Waals surface area (Å²) >= 11 is 0. The number of aryl methyl sites for hydroxylation is 1. The van der Waals surface area contributed by atoms with E-state index in [-0.39, 0.29) is 42.9 Å². The molecule has 2 aromatic rings. The quantitative estimate of drug-likeness (QED) is 0.493. The molecule has 0 spiro atoms. The van der Waals surface area contributed by atoms with E-state index in [9.17, 15) is 22.4 Å². The molecule has 1 aliphatic heterocycles. The van der Waals surface area contributed by atoms with Gasteiger partial charge in [-0.1, -0.05) is 6.07 Å². The molecule has 1 fully saturated rings. The lowest BCUT2D eigenvalue weighted by Gasteiger charge is -2.38. The molecular weight excluding hydrogens is 441 g/mol. The Kier molecular flexibility index (Phi) is 7.12. The summed E-state index contributed by atoms with van der Waals surface area (Å²) in [6.45, 7) is 3.12. The van der Waals surface area contributed by atoms with Crippen molar-refractivity contribution in [3.05, 3.63) is 59.4 Å². The number of benzene rings is 2. The van der Waals surface area contributed by atoms with Gasteiger partial charge in [0.1, 0.15) is 24.2 Å². The van der Waals surface area contributed by atoms with Gasteiger partial charge in [-0.25, -0.2) is 18.3 Å². The molecule has 1 unspecified atom stereocenters. The molecule has 172 valence electrons. The normalized spacial score (nSPS) is 17.1. The van der Waals surface area contributed by atoms with Gasteiger partial charge in [0, 0.05) is 26.6 Å². The molecule has 2 amide bonds. The van der Waals surface area contributed by atoms with E-state index in [2.05, 4.69) is 0 Å².